The average molecular weight is 368 g/mol. The van der Waals surface area contributed by atoms with Crippen LogP contribution in [-0.4, -0.2) is 47.6 Å². The first-order chi connectivity index (χ1) is 12.6. The maximum atomic E-state index is 10.5. The molecule has 2 aliphatic heterocycles. The minimum absolute atomic E-state index is 0.226. The van der Waals surface area contributed by atoms with Crippen LogP contribution in [0.5, 0.6) is 0 Å². The van der Waals surface area contributed by atoms with E-state index < -0.39 is 5.97 Å². The summed E-state index contributed by atoms with van der Waals surface area (Å²) in [5.41, 5.74) is 0. The highest BCUT2D eigenvalue weighted by molar-refractivity contribution is 5.66. The summed E-state index contributed by atoms with van der Waals surface area (Å²) < 4.78 is 6.15. The predicted octanol–water partition coefficient (Wildman–Crippen LogP) is 3.51. The number of hydrogen-bond acceptors (Lipinski definition) is 4. The molecular weight excluding hydrogens is 330 g/mol. The molecule has 150 valence electrons. The topological polar surface area (TPSA) is 78.8 Å². The van der Waals surface area contributed by atoms with Crippen LogP contribution in [0.2, 0.25) is 0 Å². The van der Waals surface area contributed by atoms with Crippen molar-refractivity contribution >= 4 is 5.97 Å². The number of aliphatic hydroxyl groups excluding tert-OH is 1. The van der Waals surface area contributed by atoms with Crippen LogP contribution in [-0.2, 0) is 9.53 Å². The summed E-state index contributed by atoms with van der Waals surface area (Å²) in [5.74, 6) is 0.487. The van der Waals surface area contributed by atoms with Crippen molar-refractivity contribution in [1.29, 1.82) is 0 Å². The minimum atomic E-state index is -0.715. The number of unbranched alkanes of at least 4 members (excludes halogenated alkanes) is 2. The van der Waals surface area contributed by atoms with Crippen LogP contribution in [0.3, 0.4) is 0 Å². The van der Waals surface area contributed by atoms with Crippen molar-refractivity contribution in [3.8, 4) is 0 Å². The third-order valence-corrected chi connectivity index (χ3v) is 5.85. The van der Waals surface area contributed by atoms with Gasteiger partial charge in [0, 0.05) is 13.0 Å². The summed E-state index contributed by atoms with van der Waals surface area (Å²) in [4.78, 5) is 10.5. The van der Waals surface area contributed by atoms with Gasteiger partial charge in [0.05, 0.1) is 18.3 Å². The van der Waals surface area contributed by atoms with E-state index in [4.69, 9.17) is 9.84 Å². The molecule has 0 aromatic rings. The van der Waals surface area contributed by atoms with Crippen LogP contribution in [0.15, 0.2) is 12.2 Å². The monoisotopic (exact) mass is 367 g/mol. The Morgan fingerprint density at radius 1 is 1.23 bits per heavy atom. The van der Waals surface area contributed by atoms with Gasteiger partial charge in [0.1, 0.15) is 0 Å². The fourth-order valence-corrected chi connectivity index (χ4v) is 4.42. The molecule has 0 aliphatic carbocycles. The van der Waals surface area contributed by atoms with Gasteiger partial charge in [-0.2, -0.15) is 0 Å². The van der Waals surface area contributed by atoms with Gasteiger partial charge in [-0.1, -0.05) is 31.9 Å². The van der Waals surface area contributed by atoms with Crippen molar-refractivity contribution < 1.29 is 19.7 Å². The van der Waals surface area contributed by atoms with Crippen molar-refractivity contribution in [3.05, 3.63) is 12.2 Å². The molecule has 26 heavy (non-hydrogen) atoms. The van der Waals surface area contributed by atoms with Gasteiger partial charge in [-0.25, -0.2) is 0 Å². The first-order valence-corrected chi connectivity index (χ1v) is 10.5. The molecule has 0 saturated carbocycles. The van der Waals surface area contributed by atoms with E-state index >= 15 is 0 Å². The Bertz CT molecular complexity index is 440. The quantitative estimate of drug-likeness (QED) is 0.323. The number of nitrogens with one attached hydrogen (secondary N) is 1. The molecule has 0 aromatic carbocycles. The van der Waals surface area contributed by atoms with E-state index in [0.29, 0.717) is 37.0 Å². The SMILES string of the molecule is CCCCC(O)CNCC[C@@H]1[C@@H](C/C=C\CCCC(=O)O)[C@H]2CC[C@@H]1O2. The number of fused-ring (bicyclic) bond motifs is 2. The summed E-state index contributed by atoms with van der Waals surface area (Å²) in [5, 5.41) is 22.0. The normalized spacial score (nSPS) is 28.8. The lowest BCUT2D eigenvalue weighted by molar-refractivity contribution is -0.137. The van der Waals surface area contributed by atoms with Gasteiger partial charge in [0.2, 0.25) is 0 Å². The number of carboxylic acids is 1. The second kappa shape index (κ2) is 11.7. The number of carboxylic acid groups (broad SMARTS) is 1. The zero-order valence-electron chi connectivity index (χ0n) is 16.2. The number of aliphatic hydroxyl groups is 1. The van der Waals surface area contributed by atoms with E-state index in [0.717, 1.165) is 45.1 Å². The molecule has 5 nitrogen and oxygen atoms in total. The van der Waals surface area contributed by atoms with Crippen LogP contribution in [0.4, 0.5) is 0 Å². The molecule has 2 rings (SSSR count). The molecule has 3 N–H and O–H groups in total. The highest BCUT2D eigenvalue weighted by Crippen LogP contribution is 2.46. The third-order valence-electron chi connectivity index (χ3n) is 5.85. The molecule has 0 spiro atoms. The second-order valence-corrected chi connectivity index (χ2v) is 7.90. The van der Waals surface area contributed by atoms with Gasteiger partial charge < -0.3 is 20.3 Å². The summed E-state index contributed by atoms with van der Waals surface area (Å²) >= 11 is 0. The third kappa shape index (κ3) is 7.01. The van der Waals surface area contributed by atoms with Crippen LogP contribution in [0.25, 0.3) is 0 Å². The van der Waals surface area contributed by atoms with Gasteiger partial charge in [-0.3, -0.25) is 4.79 Å². The van der Waals surface area contributed by atoms with Crippen molar-refractivity contribution in [2.45, 2.75) is 89.4 Å². The fourth-order valence-electron chi connectivity index (χ4n) is 4.42. The zero-order valence-corrected chi connectivity index (χ0v) is 16.2. The van der Waals surface area contributed by atoms with Crippen molar-refractivity contribution in [2.24, 2.45) is 11.8 Å². The van der Waals surface area contributed by atoms with Gasteiger partial charge in [0.15, 0.2) is 0 Å². The largest absolute Gasteiger partial charge is 0.481 e. The van der Waals surface area contributed by atoms with Crippen LogP contribution in [0.1, 0.15) is 71.1 Å². The lowest BCUT2D eigenvalue weighted by atomic mass is 9.76. The van der Waals surface area contributed by atoms with E-state index in [1.165, 1.54) is 12.8 Å². The molecule has 0 aromatic heterocycles. The molecule has 2 heterocycles. The number of hydrogen-bond donors (Lipinski definition) is 3. The molecule has 1 unspecified atom stereocenters. The number of ether oxygens (including phenoxy) is 1. The van der Waals surface area contributed by atoms with Gasteiger partial charge in [-0.15, -0.1) is 0 Å². The number of aliphatic carboxylic acids is 1. The summed E-state index contributed by atoms with van der Waals surface area (Å²) in [7, 11) is 0. The lowest BCUT2D eigenvalue weighted by Crippen LogP contribution is -2.33. The Morgan fingerprint density at radius 3 is 2.73 bits per heavy atom. The fraction of sp³-hybridized carbons (Fsp3) is 0.857. The van der Waals surface area contributed by atoms with Crippen LogP contribution < -0.4 is 5.32 Å². The first kappa shape index (κ1) is 21.4. The number of allylic oxidation sites excluding steroid dienone is 2. The molecule has 2 aliphatic rings. The Hall–Kier alpha value is -0.910. The lowest BCUT2D eigenvalue weighted by Gasteiger charge is -2.27. The van der Waals surface area contributed by atoms with E-state index in [1.54, 1.807) is 0 Å². The molecule has 0 radical (unpaired) electrons. The molecule has 2 saturated heterocycles. The van der Waals surface area contributed by atoms with E-state index in [-0.39, 0.29) is 12.5 Å². The van der Waals surface area contributed by atoms with E-state index in [9.17, 15) is 9.90 Å². The predicted molar refractivity (Wildman–Crippen MR) is 103 cm³/mol. The molecule has 5 heteroatoms. The first-order valence-electron chi connectivity index (χ1n) is 10.5. The molecular formula is C21H37NO4. The molecule has 2 bridgehead atoms. The summed E-state index contributed by atoms with van der Waals surface area (Å²) in [6.45, 7) is 3.78. The Labute approximate surface area is 158 Å². The van der Waals surface area contributed by atoms with Crippen molar-refractivity contribution in [3.63, 3.8) is 0 Å². The van der Waals surface area contributed by atoms with Gasteiger partial charge in [0.25, 0.3) is 0 Å². The number of rotatable bonds is 14. The highest BCUT2D eigenvalue weighted by Gasteiger charge is 2.47. The minimum Gasteiger partial charge on any atom is -0.481 e. The number of carbonyl (C=O) groups is 1. The molecule has 5 atom stereocenters. The van der Waals surface area contributed by atoms with Crippen LogP contribution in [0, 0.1) is 11.8 Å². The molecule has 2 fully saturated rings. The Balaban J connectivity index is 1.66. The van der Waals surface area contributed by atoms with Gasteiger partial charge >= 0.3 is 5.97 Å². The van der Waals surface area contributed by atoms with E-state index in [2.05, 4.69) is 24.4 Å². The Morgan fingerprint density at radius 2 is 2.00 bits per heavy atom. The van der Waals surface area contributed by atoms with Crippen LogP contribution >= 0.6 is 0 Å². The zero-order chi connectivity index (χ0) is 18.8. The van der Waals surface area contributed by atoms with Crippen molar-refractivity contribution in [1.82, 2.24) is 5.32 Å². The smallest absolute Gasteiger partial charge is 0.303 e. The summed E-state index contributed by atoms with van der Waals surface area (Å²) in [6, 6.07) is 0. The van der Waals surface area contributed by atoms with E-state index in [1.807, 2.05) is 0 Å². The van der Waals surface area contributed by atoms with Gasteiger partial charge in [-0.05, 0) is 63.3 Å². The molecule has 0 amide bonds. The van der Waals surface area contributed by atoms with Crippen molar-refractivity contribution in [2.75, 3.05) is 13.1 Å². The standard InChI is InChI=1S/C21H37NO4/c1-2-3-8-16(23)15-22-14-13-18-17(19-11-12-20(18)26-19)9-6-4-5-7-10-21(24)25/h4,6,16-20,22-23H,2-3,5,7-15H2,1H3,(H,24,25)/b6-4-/t16?,17-,18-,19-,20+/m1/s1. The maximum absolute atomic E-state index is 10.5. The maximum Gasteiger partial charge on any atom is 0.303 e. The second-order valence-electron chi connectivity index (χ2n) is 7.90. The summed E-state index contributed by atoms with van der Waals surface area (Å²) in [6.07, 6.45) is 14.4. The Kier molecular flexibility index (Phi) is 9.65. The highest BCUT2D eigenvalue weighted by atomic mass is 16.5. The average Bonchev–Trinajstić information content (AvgIpc) is 3.21.